The number of carbonyl (C=O) groups is 1. The van der Waals surface area contributed by atoms with Gasteiger partial charge in [0.1, 0.15) is 0 Å². The minimum absolute atomic E-state index is 0.0900. The van der Waals surface area contributed by atoms with Gasteiger partial charge in [-0.3, -0.25) is 18.9 Å². The van der Waals surface area contributed by atoms with Gasteiger partial charge >= 0.3 is 11.7 Å². The van der Waals surface area contributed by atoms with Crippen LogP contribution in [0.25, 0.3) is 11.2 Å². The van der Waals surface area contributed by atoms with Gasteiger partial charge in [-0.1, -0.05) is 0 Å². The van der Waals surface area contributed by atoms with Crippen molar-refractivity contribution in [3.63, 3.8) is 0 Å². The molecule has 3 heterocycles. The molecule has 0 bridgehead atoms. The number of imidazole rings is 1. The van der Waals surface area contributed by atoms with Crippen LogP contribution in [0.5, 0.6) is 0 Å². The van der Waals surface area contributed by atoms with Gasteiger partial charge < -0.3 is 9.30 Å². The third-order valence-electron chi connectivity index (χ3n) is 3.86. The van der Waals surface area contributed by atoms with Crippen molar-refractivity contribution in [1.82, 2.24) is 23.7 Å². The maximum absolute atomic E-state index is 12.5. The molecule has 0 aromatic carbocycles. The Kier molecular flexibility index (Phi) is 4.46. The zero-order valence-corrected chi connectivity index (χ0v) is 13.9. The van der Waals surface area contributed by atoms with Crippen LogP contribution in [0.15, 0.2) is 40.4 Å². The second-order valence-corrected chi connectivity index (χ2v) is 5.56. The molecule has 0 amide bonds. The molecule has 130 valence electrons. The summed E-state index contributed by atoms with van der Waals surface area (Å²) in [7, 11) is 3.26. The van der Waals surface area contributed by atoms with E-state index in [1.807, 2.05) is 0 Å². The van der Waals surface area contributed by atoms with Crippen LogP contribution in [0.3, 0.4) is 0 Å². The Balaban J connectivity index is 1.72. The molecule has 0 saturated carbocycles. The van der Waals surface area contributed by atoms with Gasteiger partial charge in [0.15, 0.2) is 11.2 Å². The predicted octanol–water partition coefficient (Wildman–Crippen LogP) is 0.0758. The summed E-state index contributed by atoms with van der Waals surface area (Å²) >= 11 is 0. The molecule has 0 aliphatic rings. The molecule has 0 saturated heterocycles. The number of aryl methyl sites for hydroxylation is 2. The Hall–Kier alpha value is -3.23. The SMILES string of the molecule is Cn1cnc2c1c(=O)n(CCCOC(=O)c1cccnc1)c(=O)n2C. The highest BCUT2D eigenvalue weighted by Crippen LogP contribution is 2.03. The molecule has 9 heteroatoms. The van der Waals surface area contributed by atoms with Crippen LogP contribution in [0.2, 0.25) is 0 Å². The summed E-state index contributed by atoms with van der Waals surface area (Å²) in [4.78, 5) is 44.6. The normalized spacial score (nSPS) is 11.0. The lowest BCUT2D eigenvalue weighted by atomic mass is 10.3. The molecule has 25 heavy (non-hydrogen) atoms. The first-order valence-electron chi connectivity index (χ1n) is 7.68. The largest absolute Gasteiger partial charge is 0.462 e. The molecule has 3 aromatic heterocycles. The molecule has 0 aliphatic heterocycles. The van der Waals surface area contributed by atoms with Crippen molar-refractivity contribution in [2.45, 2.75) is 13.0 Å². The fourth-order valence-electron chi connectivity index (χ4n) is 2.55. The van der Waals surface area contributed by atoms with Crippen LogP contribution in [0, 0.1) is 0 Å². The van der Waals surface area contributed by atoms with Crippen LogP contribution >= 0.6 is 0 Å². The van der Waals surface area contributed by atoms with Crippen LogP contribution in [-0.4, -0.2) is 36.2 Å². The molecule has 0 N–H and O–H groups in total. The van der Waals surface area contributed by atoms with Gasteiger partial charge in [0.05, 0.1) is 18.5 Å². The summed E-state index contributed by atoms with van der Waals surface area (Å²) in [5, 5.41) is 0. The van der Waals surface area contributed by atoms with E-state index >= 15 is 0 Å². The molecular weight excluding hydrogens is 326 g/mol. The number of hydrogen-bond donors (Lipinski definition) is 0. The summed E-state index contributed by atoms with van der Waals surface area (Å²) < 4.78 is 9.17. The fourth-order valence-corrected chi connectivity index (χ4v) is 2.55. The third-order valence-corrected chi connectivity index (χ3v) is 3.86. The topological polar surface area (TPSA) is 101 Å². The molecular formula is C16H17N5O4. The molecule has 0 atom stereocenters. The number of hydrogen-bond acceptors (Lipinski definition) is 6. The molecule has 0 spiro atoms. The van der Waals surface area contributed by atoms with E-state index in [-0.39, 0.29) is 13.2 Å². The minimum atomic E-state index is -0.490. The molecule has 0 unspecified atom stereocenters. The van der Waals surface area contributed by atoms with Gasteiger partial charge in [-0.05, 0) is 18.6 Å². The first kappa shape index (κ1) is 16.6. The summed E-state index contributed by atoms with van der Waals surface area (Å²) in [6.45, 7) is 0.236. The highest BCUT2D eigenvalue weighted by Gasteiger charge is 2.14. The van der Waals surface area contributed by atoms with Crippen molar-refractivity contribution in [3.05, 3.63) is 57.3 Å². The van der Waals surface area contributed by atoms with Crippen molar-refractivity contribution >= 4 is 17.1 Å². The summed E-state index contributed by atoms with van der Waals surface area (Å²) in [5.74, 6) is -0.490. The maximum Gasteiger partial charge on any atom is 0.339 e. The molecule has 9 nitrogen and oxygen atoms in total. The number of pyridine rings is 1. The average molecular weight is 343 g/mol. The zero-order chi connectivity index (χ0) is 18.0. The van der Waals surface area contributed by atoms with E-state index in [4.69, 9.17) is 4.74 Å². The standard InChI is InChI=1S/C16H17N5O4/c1-19-10-18-13-12(19)14(22)21(16(24)20(13)2)7-4-8-25-15(23)11-5-3-6-17-9-11/h3,5-6,9-10H,4,7-8H2,1-2H3. The molecule has 3 rings (SSSR count). The second-order valence-electron chi connectivity index (χ2n) is 5.56. The summed E-state index contributed by atoms with van der Waals surface area (Å²) in [6.07, 6.45) is 4.81. The van der Waals surface area contributed by atoms with Gasteiger partial charge in [0, 0.05) is 33.0 Å². The Morgan fingerprint density at radius 1 is 1.28 bits per heavy atom. The third kappa shape index (κ3) is 3.08. The van der Waals surface area contributed by atoms with E-state index in [9.17, 15) is 14.4 Å². The molecule has 0 fully saturated rings. The smallest absolute Gasteiger partial charge is 0.339 e. The quantitative estimate of drug-likeness (QED) is 0.480. The predicted molar refractivity (Wildman–Crippen MR) is 89.4 cm³/mol. The lowest BCUT2D eigenvalue weighted by Gasteiger charge is -2.09. The van der Waals surface area contributed by atoms with E-state index in [0.29, 0.717) is 23.1 Å². The van der Waals surface area contributed by atoms with Crippen molar-refractivity contribution in [2.75, 3.05) is 6.61 Å². The van der Waals surface area contributed by atoms with Crippen LogP contribution in [-0.2, 0) is 25.4 Å². The minimum Gasteiger partial charge on any atom is -0.462 e. The first-order valence-corrected chi connectivity index (χ1v) is 7.68. The fraction of sp³-hybridized carbons (Fsp3) is 0.312. The van der Waals surface area contributed by atoms with Gasteiger partial charge in [-0.25, -0.2) is 14.6 Å². The summed E-state index contributed by atoms with van der Waals surface area (Å²) in [6, 6.07) is 3.24. The highest BCUT2D eigenvalue weighted by atomic mass is 16.5. The second kappa shape index (κ2) is 6.71. The van der Waals surface area contributed by atoms with Gasteiger partial charge in [0.2, 0.25) is 0 Å². The number of nitrogens with zero attached hydrogens (tertiary/aromatic N) is 5. The molecule has 3 aromatic rings. The lowest BCUT2D eigenvalue weighted by molar-refractivity contribution is 0.0495. The van der Waals surface area contributed by atoms with Gasteiger partial charge in [0.25, 0.3) is 5.56 Å². The van der Waals surface area contributed by atoms with Crippen molar-refractivity contribution in [2.24, 2.45) is 14.1 Å². The van der Waals surface area contributed by atoms with Crippen molar-refractivity contribution in [1.29, 1.82) is 0 Å². The Labute approximate surface area is 142 Å². The van der Waals surface area contributed by atoms with Crippen LogP contribution in [0.4, 0.5) is 0 Å². The van der Waals surface area contributed by atoms with E-state index in [1.165, 1.54) is 17.1 Å². The Morgan fingerprint density at radius 3 is 2.80 bits per heavy atom. The Bertz CT molecular complexity index is 1030. The van der Waals surface area contributed by atoms with E-state index in [2.05, 4.69) is 9.97 Å². The number of aromatic nitrogens is 5. The molecule has 0 aliphatic carbocycles. The number of rotatable bonds is 5. The number of fused-ring (bicyclic) bond motifs is 1. The highest BCUT2D eigenvalue weighted by molar-refractivity contribution is 5.88. The average Bonchev–Trinajstić information content (AvgIpc) is 3.01. The zero-order valence-electron chi connectivity index (χ0n) is 13.9. The maximum atomic E-state index is 12.5. The van der Waals surface area contributed by atoms with Crippen LogP contribution in [0.1, 0.15) is 16.8 Å². The number of carbonyl (C=O) groups excluding carboxylic acids is 1. The van der Waals surface area contributed by atoms with E-state index in [1.54, 1.807) is 37.0 Å². The molecule has 0 radical (unpaired) electrons. The van der Waals surface area contributed by atoms with E-state index in [0.717, 1.165) is 4.57 Å². The van der Waals surface area contributed by atoms with Gasteiger partial charge in [-0.2, -0.15) is 0 Å². The monoisotopic (exact) mass is 343 g/mol. The van der Waals surface area contributed by atoms with Crippen molar-refractivity contribution < 1.29 is 9.53 Å². The van der Waals surface area contributed by atoms with E-state index < -0.39 is 17.2 Å². The van der Waals surface area contributed by atoms with Crippen LogP contribution < -0.4 is 11.2 Å². The summed E-state index contributed by atoms with van der Waals surface area (Å²) in [5.41, 5.74) is 0.199. The lowest BCUT2D eigenvalue weighted by Crippen LogP contribution is -2.39. The Morgan fingerprint density at radius 2 is 2.08 bits per heavy atom. The number of ether oxygens (including phenoxy) is 1. The van der Waals surface area contributed by atoms with Gasteiger partial charge in [-0.15, -0.1) is 0 Å². The van der Waals surface area contributed by atoms with Crippen molar-refractivity contribution in [3.8, 4) is 0 Å². The number of esters is 1. The first-order chi connectivity index (χ1) is 12.0.